The summed E-state index contributed by atoms with van der Waals surface area (Å²) >= 11 is 1.36. The van der Waals surface area contributed by atoms with Crippen LogP contribution in [0.1, 0.15) is 37.6 Å². The number of anilines is 2. The summed E-state index contributed by atoms with van der Waals surface area (Å²) in [5.74, 6) is 0.699. The highest BCUT2D eigenvalue weighted by molar-refractivity contribution is 7.98. The number of rotatable bonds is 9. The Morgan fingerprint density at radius 3 is 2.53 bits per heavy atom. The van der Waals surface area contributed by atoms with E-state index in [1.165, 1.54) is 24.0 Å². The lowest BCUT2D eigenvalue weighted by Gasteiger charge is -2.41. The first kappa shape index (κ1) is 36.7. The first-order valence-corrected chi connectivity index (χ1v) is 21.3. The normalized spacial score (nSPS) is 17.3. The Morgan fingerprint density at radius 1 is 1.12 bits per heavy atom. The molecule has 4 heterocycles. The van der Waals surface area contributed by atoms with Gasteiger partial charge in [-0.3, -0.25) is 4.90 Å². The Bertz CT molecular complexity index is 1720. The molecule has 266 valence electrons. The topological polar surface area (TPSA) is 93.2 Å². The summed E-state index contributed by atoms with van der Waals surface area (Å²) in [6, 6.07) is 3.17. The van der Waals surface area contributed by atoms with Gasteiger partial charge in [0.2, 0.25) is 6.54 Å². The second-order valence-corrected chi connectivity index (χ2v) is 21.0. The predicted octanol–water partition coefficient (Wildman–Crippen LogP) is 6.79. The van der Waals surface area contributed by atoms with Crippen LogP contribution in [-0.2, 0) is 35.3 Å². The van der Waals surface area contributed by atoms with Gasteiger partial charge in [0.15, 0.2) is 5.16 Å². The third kappa shape index (κ3) is 8.61. The average molecular weight is 719 g/mol. The van der Waals surface area contributed by atoms with E-state index in [1.54, 1.807) is 35.3 Å². The molecule has 1 fully saturated rings. The van der Waals surface area contributed by atoms with Crippen molar-refractivity contribution in [2.24, 2.45) is 0 Å². The van der Waals surface area contributed by atoms with Crippen LogP contribution in [0.2, 0.25) is 25.7 Å². The zero-order valence-corrected chi connectivity index (χ0v) is 31.0. The number of piperazine rings is 1. The van der Waals surface area contributed by atoms with Gasteiger partial charge in [0.1, 0.15) is 24.2 Å². The van der Waals surface area contributed by atoms with Gasteiger partial charge >= 0.3 is 12.3 Å². The number of halogens is 3. The lowest BCUT2D eigenvalue weighted by atomic mass is 10.0. The predicted molar refractivity (Wildman–Crippen MR) is 188 cm³/mol. The summed E-state index contributed by atoms with van der Waals surface area (Å²) in [5, 5.41) is 5.34. The number of alkyl halides is 3. The Kier molecular flexibility index (Phi) is 10.8. The highest BCUT2D eigenvalue weighted by Gasteiger charge is 2.40. The minimum atomic E-state index is -4.58. The quantitative estimate of drug-likeness (QED) is 0.0780. The van der Waals surface area contributed by atoms with Gasteiger partial charge in [-0.15, -0.1) is 0 Å². The average Bonchev–Trinajstić information content (AvgIpc) is 3.43. The summed E-state index contributed by atoms with van der Waals surface area (Å²) in [7, 11) is -1.30. The number of fused-ring (bicyclic) bond motifs is 2. The molecule has 0 aliphatic carbocycles. The van der Waals surface area contributed by atoms with E-state index in [0.29, 0.717) is 66.8 Å². The molecule has 1 atom stereocenters. The van der Waals surface area contributed by atoms with Gasteiger partial charge in [0.25, 0.3) is 0 Å². The van der Waals surface area contributed by atoms with Crippen molar-refractivity contribution in [1.29, 1.82) is 0 Å². The fourth-order valence-electron chi connectivity index (χ4n) is 6.14. The molecule has 5 rings (SSSR count). The van der Waals surface area contributed by atoms with E-state index < -0.39 is 37.5 Å². The van der Waals surface area contributed by atoms with E-state index in [9.17, 15) is 18.0 Å². The van der Waals surface area contributed by atoms with Crippen LogP contribution in [-0.4, -0.2) is 96.0 Å². The molecule has 0 bridgehead atoms. The van der Waals surface area contributed by atoms with Crippen LogP contribution in [0.15, 0.2) is 23.5 Å². The van der Waals surface area contributed by atoms with Crippen LogP contribution >= 0.6 is 11.8 Å². The van der Waals surface area contributed by atoms with Gasteiger partial charge in [-0.1, -0.05) is 31.4 Å². The van der Waals surface area contributed by atoms with Crippen LogP contribution in [0.5, 0.6) is 0 Å². The first-order chi connectivity index (χ1) is 23.0. The van der Waals surface area contributed by atoms with Gasteiger partial charge in [-0.2, -0.15) is 18.3 Å². The highest BCUT2D eigenvalue weighted by Crippen LogP contribution is 2.43. The highest BCUT2D eigenvalue weighted by atomic mass is 32.2. The molecule has 1 aromatic carbocycles. The summed E-state index contributed by atoms with van der Waals surface area (Å²) in [5.41, 5.74) is 0.791. The lowest BCUT2D eigenvalue weighted by molar-refractivity contribution is -0.137. The van der Waals surface area contributed by atoms with Crippen molar-refractivity contribution in [3.8, 4) is 0 Å². The molecule has 2 aromatic heterocycles. The lowest BCUT2D eigenvalue weighted by Crippen LogP contribution is -2.57. The number of ether oxygens (including phenoxy) is 2. The van der Waals surface area contributed by atoms with Crippen molar-refractivity contribution in [2.45, 2.75) is 89.1 Å². The number of carbonyl (C=O) groups is 1. The maximum absolute atomic E-state index is 14.5. The van der Waals surface area contributed by atoms with Crippen molar-refractivity contribution < 1.29 is 27.4 Å². The fourth-order valence-corrected chi connectivity index (χ4v) is 7.28. The molecule has 1 saturated heterocycles. The number of amides is 1. The van der Waals surface area contributed by atoms with Crippen molar-refractivity contribution in [1.82, 2.24) is 24.6 Å². The van der Waals surface area contributed by atoms with Crippen molar-refractivity contribution in [2.75, 3.05) is 55.4 Å². The Morgan fingerprint density at radius 2 is 1.88 bits per heavy atom. The van der Waals surface area contributed by atoms with Crippen molar-refractivity contribution >= 4 is 48.3 Å². The molecular weight excluding hydrogens is 674 g/mol. The number of benzene rings is 1. The minimum Gasteiger partial charge on any atom is -0.444 e. The van der Waals surface area contributed by atoms with Crippen molar-refractivity contribution in [3.05, 3.63) is 46.6 Å². The molecule has 16 heteroatoms. The van der Waals surface area contributed by atoms with E-state index in [-0.39, 0.29) is 25.5 Å². The molecule has 0 N–H and O–H groups in total. The van der Waals surface area contributed by atoms with Gasteiger partial charge in [0.05, 0.1) is 35.2 Å². The Balaban J connectivity index is 1.45. The van der Waals surface area contributed by atoms with Gasteiger partial charge in [-0.25, -0.2) is 26.0 Å². The number of carbonyl (C=O) groups excluding carboxylic acids is 1. The molecular formula is C33H45F3N8O3SSi. The number of thioether (sulfide) groups is 1. The standard InChI is InChI=1S/C33H45F3N8O3SSi/c1-32(2,3)47-31(45)43-14-13-42(19-22(43)17-37-4)29-23-11-12-41(20-26(23)39-30(40-29)48-5)28-24-18-38-44(21-46-15-16-49(6,7)8)27(24)10-9-25(28)33(34,35)36/h9-10,18,22H,11-17,19-21H2,1-3,5-8H3. The minimum absolute atomic E-state index is 0.0814. The number of hydrogen-bond acceptors (Lipinski definition) is 9. The zero-order valence-electron chi connectivity index (χ0n) is 29.2. The zero-order chi connectivity index (χ0) is 35.7. The first-order valence-electron chi connectivity index (χ1n) is 16.4. The molecule has 2 aliphatic heterocycles. The van der Waals surface area contributed by atoms with E-state index in [0.717, 1.165) is 17.7 Å². The van der Waals surface area contributed by atoms with Gasteiger partial charge in [-0.05, 0) is 51.6 Å². The van der Waals surface area contributed by atoms with Crippen molar-refractivity contribution in [3.63, 3.8) is 0 Å². The summed E-state index contributed by atoms with van der Waals surface area (Å²) < 4.78 is 56.7. The molecule has 11 nitrogen and oxygen atoms in total. The number of aromatic nitrogens is 4. The van der Waals surface area contributed by atoms with Crippen LogP contribution in [0.4, 0.5) is 29.5 Å². The molecule has 3 aromatic rings. The van der Waals surface area contributed by atoms with Crippen LogP contribution in [0.25, 0.3) is 15.7 Å². The van der Waals surface area contributed by atoms with E-state index in [2.05, 4.69) is 34.5 Å². The van der Waals surface area contributed by atoms with Crippen LogP contribution < -0.4 is 9.80 Å². The largest absolute Gasteiger partial charge is 0.444 e. The SMILES string of the molecule is [C-]#[N+]CC1CN(c2nc(SC)nc3c2CCN(c2c(C(F)(F)F)ccc4c2cnn4COCC[Si](C)(C)C)C3)CCN1C(=O)OC(C)(C)C. The summed E-state index contributed by atoms with van der Waals surface area (Å²) in [6.45, 7) is 22.2. The Labute approximate surface area is 291 Å². The third-order valence-electron chi connectivity index (χ3n) is 8.55. The number of nitrogens with zero attached hydrogens (tertiary/aromatic N) is 8. The van der Waals surface area contributed by atoms with E-state index >= 15 is 0 Å². The molecule has 2 aliphatic rings. The summed E-state index contributed by atoms with van der Waals surface area (Å²) in [4.78, 5) is 31.6. The summed E-state index contributed by atoms with van der Waals surface area (Å²) in [6.07, 6.45) is -1.26. The smallest absolute Gasteiger partial charge is 0.418 e. The molecule has 1 unspecified atom stereocenters. The maximum atomic E-state index is 14.5. The van der Waals surface area contributed by atoms with Gasteiger partial charge < -0.3 is 24.1 Å². The molecule has 1 amide bonds. The number of hydrogen-bond donors (Lipinski definition) is 0. The second kappa shape index (κ2) is 14.4. The molecule has 49 heavy (non-hydrogen) atoms. The van der Waals surface area contributed by atoms with Crippen LogP contribution in [0.3, 0.4) is 0 Å². The fraction of sp³-hybridized carbons (Fsp3) is 0.606. The molecule has 0 spiro atoms. The van der Waals surface area contributed by atoms with Gasteiger partial charge in [0, 0.05) is 51.8 Å². The molecule has 0 radical (unpaired) electrons. The van der Waals surface area contributed by atoms with Crippen LogP contribution in [0, 0.1) is 6.57 Å². The second-order valence-electron chi connectivity index (χ2n) is 14.6. The maximum Gasteiger partial charge on any atom is 0.418 e. The third-order valence-corrected chi connectivity index (χ3v) is 10.8. The van der Waals surface area contributed by atoms with E-state index in [1.807, 2.05) is 6.26 Å². The monoisotopic (exact) mass is 718 g/mol. The molecule has 0 saturated carbocycles. The van der Waals surface area contributed by atoms with E-state index in [4.69, 9.17) is 26.0 Å². The Hall–Kier alpha value is -3.55.